The second-order valence-corrected chi connectivity index (χ2v) is 3.19. The minimum absolute atomic E-state index is 0.00896. The van der Waals surface area contributed by atoms with E-state index in [9.17, 15) is 4.79 Å². The summed E-state index contributed by atoms with van der Waals surface area (Å²) in [6, 6.07) is 1.80. The molecule has 0 aliphatic rings. The molecule has 0 bridgehead atoms. The maximum Gasteiger partial charge on any atom is 0.266 e. The quantitative estimate of drug-likeness (QED) is 0.668. The van der Waals surface area contributed by atoms with Crippen molar-refractivity contribution in [2.75, 3.05) is 0 Å². The van der Waals surface area contributed by atoms with Crippen LogP contribution in [-0.2, 0) is 13.5 Å². The summed E-state index contributed by atoms with van der Waals surface area (Å²) in [6.07, 6.45) is 1.74. The lowest BCUT2D eigenvalue weighted by atomic mass is 10.1. The molecule has 0 aliphatic carbocycles. The molecule has 12 heavy (non-hydrogen) atoms. The van der Waals surface area contributed by atoms with E-state index in [1.807, 2.05) is 6.92 Å². The third kappa shape index (κ3) is 2.23. The van der Waals surface area contributed by atoms with Crippen LogP contribution in [0.15, 0.2) is 10.9 Å². The zero-order chi connectivity index (χ0) is 9.14. The van der Waals surface area contributed by atoms with Gasteiger partial charge in [-0.1, -0.05) is 0 Å². The van der Waals surface area contributed by atoms with Crippen molar-refractivity contribution in [2.24, 2.45) is 12.8 Å². The minimum Gasteiger partial charge on any atom is -0.328 e. The van der Waals surface area contributed by atoms with E-state index >= 15 is 0 Å². The molecule has 3 N–H and O–H groups in total. The zero-order valence-corrected chi connectivity index (χ0v) is 7.50. The molecule has 4 nitrogen and oxygen atoms in total. The van der Waals surface area contributed by atoms with Gasteiger partial charge in [0.2, 0.25) is 0 Å². The third-order valence-corrected chi connectivity index (χ3v) is 1.81. The number of H-pyrrole nitrogens is 1. The van der Waals surface area contributed by atoms with Crippen LogP contribution in [0.4, 0.5) is 0 Å². The Labute approximate surface area is 71.4 Å². The van der Waals surface area contributed by atoms with Crippen molar-refractivity contribution in [1.82, 2.24) is 9.78 Å². The highest BCUT2D eigenvalue weighted by atomic mass is 16.1. The number of nitrogens with zero attached hydrogens (tertiary/aromatic N) is 1. The van der Waals surface area contributed by atoms with E-state index < -0.39 is 0 Å². The van der Waals surface area contributed by atoms with E-state index in [1.165, 1.54) is 4.68 Å². The van der Waals surface area contributed by atoms with Crippen molar-refractivity contribution in [3.05, 3.63) is 22.1 Å². The number of aromatic amines is 1. The van der Waals surface area contributed by atoms with Gasteiger partial charge in [-0.25, -0.2) is 0 Å². The highest BCUT2D eigenvalue weighted by molar-refractivity contribution is 4.99. The number of aromatic nitrogens is 2. The average Bonchev–Trinajstić information content (AvgIpc) is 2.28. The van der Waals surface area contributed by atoms with Gasteiger partial charge in [0.25, 0.3) is 5.56 Å². The summed E-state index contributed by atoms with van der Waals surface area (Å²) in [6.45, 7) is 1.96. The van der Waals surface area contributed by atoms with Crippen molar-refractivity contribution in [3.63, 3.8) is 0 Å². The molecule has 1 heterocycles. The Morgan fingerprint density at radius 1 is 1.75 bits per heavy atom. The van der Waals surface area contributed by atoms with E-state index in [1.54, 1.807) is 13.1 Å². The Bertz CT molecular complexity index is 297. The molecule has 4 heteroatoms. The molecule has 0 saturated heterocycles. The number of rotatable bonds is 3. The first kappa shape index (κ1) is 9.06. The zero-order valence-electron chi connectivity index (χ0n) is 7.50. The maximum atomic E-state index is 11.0. The molecule has 0 saturated carbocycles. The Kier molecular flexibility index (Phi) is 2.70. The molecule has 0 spiro atoms. The molecule has 0 aromatic carbocycles. The summed E-state index contributed by atoms with van der Waals surface area (Å²) in [5.41, 5.74) is 6.55. The molecule has 1 aromatic heterocycles. The van der Waals surface area contributed by atoms with Gasteiger partial charge in [-0.2, -0.15) is 0 Å². The van der Waals surface area contributed by atoms with Crippen LogP contribution in [0.25, 0.3) is 0 Å². The maximum absolute atomic E-state index is 11.0. The van der Waals surface area contributed by atoms with Crippen LogP contribution in [0.2, 0.25) is 0 Å². The molecular weight excluding hydrogens is 154 g/mol. The van der Waals surface area contributed by atoms with Crippen molar-refractivity contribution >= 4 is 0 Å². The van der Waals surface area contributed by atoms with Gasteiger partial charge < -0.3 is 5.73 Å². The summed E-state index contributed by atoms with van der Waals surface area (Å²) < 4.78 is 1.47. The molecule has 1 rings (SSSR count). The first-order valence-corrected chi connectivity index (χ1v) is 4.10. The standard InChI is InChI=1S/C8H15N3O/c1-6(9)3-4-7-5-8(12)11(2)10-7/h5-6,10H,3-4,9H2,1-2H3. The molecule has 0 radical (unpaired) electrons. The first-order chi connectivity index (χ1) is 5.59. The summed E-state index contributed by atoms with van der Waals surface area (Å²) in [4.78, 5) is 11.0. The van der Waals surface area contributed by atoms with Gasteiger partial charge in [0.15, 0.2) is 0 Å². The van der Waals surface area contributed by atoms with Gasteiger partial charge in [0.1, 0.15) is 0 Å². The Morgan fingerprint density at radius 3 is 2.83 bits per heavy atom. The lowest BCUT2D eigenvalue weighted by Crippen LogP contribution is -2.15. The Morgan fingerprint density at radius 2 is 2.42 bits per heavy atom. The van der Waals surface area contributed by atoms with Gasteiger partial charge in [0.05, 0.1) is 0 Å². The van der Waals surface area contributed by atoms with Crippen LogP contribution in [-0.4, -0.2) is 15.8 Å². The van der Waals surface area contributed by atoms with Crippen molar-refractivity contribution in [3.8, 4) is 0 Å². The van der Waals surface area contributed by atoms with Crippen LogP contribution in [0.1, 0.15) is 19.0 Å². The predicted molar refractivity (Wildman–Crippen MR) is 48.0 cm³/mol. The normalized spacial score (nSPS) is 13.2. The highest BCUT2D eigenvalue weighted by Crippen LogP contribution is 1.97. The minimum atomic E-state index is 0.00896. The van der Waals surface area contributed by atoms with Crippen LogP contribution in [0.3, 0.4) is 0 Å². The van der Waals surface area contributed by atoms with Crippen LogP contribution in [0, 0.1) is 0 Å². The fraction of sp³-hybridized carbons (Fsp3) is 0.625. The molecular formula is C8H15N3O. The fourth-order valence-corrected chi connectivity index (χ4v) is 1.06. The van der Waals surface area contributed by atoms with E-state index in [0.29, 0.717) is 0 Å². The van der Waals surface area contributed by atoms with E-state index in [0.717, 1.165) is 18.5 Å². The van der Waals surface area contributed by atoms with E-state index in [-0.39, 0.29) is 11.6 Å². The van der Waals surface area contributed by atoms with Gasteiger partial charge in [-0.05, 0) is 19.8 Å². The van der Waals surface area contributed by atoms with Gasteiger partial charge >= 0.3 is 0 Å². The average molecular weight is 169 g/mol. The van der Waals surface area contributed by atoms with E-state index in [2.05, 4.69) is 5.10 Å². The summed E-state index contributed by atoms with van der Waals surface area (Å²) in [5.74, 6) is 0. The van der Waals surface area contributed by atoms with E-state index in [4.69, 9.17) is 5.73 Å². The number of nitrogens with one attached hydrogen (secondary N) is 1. The number of hydrogen-bond donors (Lipinski definition) is 2. The molecule has 0 amide bonds. The molecule has 0 fully saturated rings. The number of hydrogen-bond acceptors (Lipinski definition) is 2. The predicted octanol–water partition coefficient (Wildman–Crippen LogP) is -0.00680. The summed E-state index contributed by atoms with van der Waals surface area (Å²) >= 11 is 0. The lowest BCUT2D eigenvalue weighted by Gasteiger charge is -2.01. The topological polar surface area (TPSA) is 63.8 Å². The molecule has 0 aliphatic heterocycles. The Balaban J connectivity index is 2.59. The third-order valence-electron chi connectivity index (χ3n) is 1.81. The van der Waals surface area contributed by atoms with Crippen molar-refractivity contribution in [2.45, 2.75) is 25.8 Å². The number of aryl methyl sites for hydroxylation is 2. The smallest absolute Gasteiger partial charge is 0.266 e. The summed E-state index contributed by atoms with van der Waals surface area (Å²) in [7, 11) is 1.71. The molecule has 1 atom stereocenters. The SMILES string of the molecule is CC(N)CCc1cc(=O)n(C)[nH]1. The van der Waals surface area contributed by atoms with Crippen LogP contribution >= 0.6 is 0 Å². The van der Waals surface area contributed by atoms with Gasteiger partial charge in [-0.3, -0.25) is 14.6 Å². The number of nitrogens with two attached hydrogens (primary N) is 1. The molecule has 1 aromatic rings. The first-order valence-electron chi connectivity index (χ1n) is 4.10. The van der Waals surface area contributed by atoms with Gasteiger partial charge in [-0.15, -0.1) is 0 Å². The van der Waals surface area contributed by atoms with Crippen molar-refractivity contribution < 1.29 is 0 Å². The highest BCUT2D eigenvalue weighted by Gasteiger charge is 2.00. The van der Waals surface area contributed by atoms with Crippen molar-refractivity contribution in [1.29, 1.82) is 0 Å². The lowest BCUT2D eigenvalue weighted by molar-refractivity contribution is 0.643. The molecule has 1 unspecified atom stereocenters. The molecule has 68 valence electrons. The van der Waals surface area contributed by atoms with Crippen LogP contribution in [0.5, 0.6) is 0 Å². The largest absolute Gasteiger partial charge is 0.328 e. The fourth-order valence-electron chi connectivity index (χ4n) is 1.06. The second kappa shape index (κ2) is 3.58. The second-order valence-electron chi connectivity index (χ2n) is 3.19. The monoisotopic (exact) mass is 169 g/mol. The summed E-state index contributed by atoms with van der Waals surface area (Å²) in [5, 5.41) is 2.95. The van der Waals surface area contributed by atoms with Gasteiger partial charge in [0, 0.05) is 24.8 Å². The Hall–Kier alpha value is -1.03. The van der Waals surface area contributed by atoms with Crippen LogP contribution < -0.4 is 11.3 Å².